The van der Waals surface area contributed by atoms with Crippen LogP contribution in [0.25, 0.3) is 51.6 Å². The molecule has 2 heterocycles. The number of hydrogen-bond donors (Lipinski definition) is 0. The van der Waals surface area contributed by atoms with Gasteiger partial charge in [0.1, 0.15) is 0 Å². The molecular formula is C22H12Se2. The van der Waals surface area contributed by atoms with Crippen molar-refractivity contribution >= 4 is 80.6 Å². The second-order valence-electron chi connectivity index (χ2n) is 6.23. The van der Waals surface area contributed by atoms with E-state index in [-0.39, 0.29) is 0 Å². The minimum atomic E-state index is 0.481. The summed E-state index contributed by atoms with van der Waals surface area (Å²) in [7, 11) is 0. The molecule has 112 valence electrons. The van der Waals surface area contributed by atoms with E-state index < -0.39 is 0 Å². The van der Waals surface area contributed by atoms with Gasteiger partial charge in [-0.1, -0.05) is 0 Å². The Hall–Kier alpha value is -1.82. The maximum absolute atomic E-state index is 2.35. The summed E-state index contributed by atoms with van der Waals surface area (Å²) in [5, 5.41) is 11.3. The first kappa shape index (κ1) is 13.5. The molecule has 0 saturated heterocycles. The van der Waals surface area contributed by atoms with Crippen LogP contribution < -0.4 is 0 Å². The Kier molecular flexibility index (Phi) is 2.72. The van der Waals surface area contributed by atoms with E-state index in [1.807, 2.05) is 0 Å². The van der Waals surface area contributed by atoms with Gasteiger partial charge in [0, 0.05) is 0 Å². The first-order valence-corrected chi connectivity index (χ1v) is 11.7. The molecule has 0 saturated carbocycles. The molecule has 0 aliphatic carbocycles. The molecule has 0 fully saturated rings. The van der Waals surface area contributed by atoms with Crippen LogP contribution in [-0.2, 0) is 0 Å². The predicted octanol–water partition coefficient (Wildman–Crippen LogP) is 5.57. The van der Waals surface area contributed by atoms with Crippen molar-refractivity contribution in [2.24, 2.45) is 0 Å². The molecule has 0 aliphatic heterocycles. The van der Waals surface area contributed by atoms with Crippen molar-refractivity contribution in [1.82, 2.24) is 0 Å². The van der Waals surface area contributed by atoms with E-state index in [4.69, 9.17) is 0 Å². The quantitative estimate of drug-likeness (QED) is 0.217. The van der Waals surface area contributed by atoms with Gasteiger partial charge in [0.05, 0.1) is 0 Å². The van der Waals surface area contributed by atoms with Gasteiger partial charge < -0.3 is 0 Å². The molecule has 4 aromatic carbocycles. The van der Waals surface area contributed by atoms with Gasteiger partial charge in [-0.25, -0.2) is 0 Å². The van der Waals surface area contributed by atoms with Crippen molar-refractivity contribution in [3.8, 4) is 0 Å². The van der Waals surface area contributed by atoms with Crippen LogP contribution >= 0.6 is 0 Å². The number of rotatable bonds is 0. The summed E-state index contributed by atoms with van der Waals surface area (Å²) in [5.41, 5.74) is 0. The number of benzene rings is 4. The molecule has 2 heteroatoms. The van der Waals surface area contributed by atoms with Gasteiger partial charge in [0.25, 0.3) is 0 Å². The average molecular weight is 434 g/mol. The summed E-state index contributed by atoms with van der Waals surface area (Å²) < 4.78 is 3.09. The second-order valence-corrected chi connectivity index (χ2v) is 10.1. The predicted molar refractivity (Wildman–Crippen MR) is 108 cm³/mol. The first-order chi connectivity index (χ1) is 11.9. The zero-order valence-corrected chi connectivity index (χ0v) is 16.2. The molecule has 0 spiro atoms. The van der Waals surface area contributed by atoms with E-state index in [0.717, 1.165) is 0 Å². The molecule has 0 N–H and O–H groups in total. The molecule has 0 nitrogen and oxygen atoms in total. The summed E-state index contributed by atoms with van der Waals surface area (Å²) in [5.74, 6) is 0. The van der Waals surface area contributed by atoms with E-state index >= 15 is 0 Å². The van der Waals surface area contributed by atoms with E-state index in [1.165, 1.54) is 43.1 Å². The van der Waals surface area contributed by atoms with Crippen molar-refractivity contribution in [1.29, 1.82) is 0 Å². The summed E-state index contributed by atoms with van der Waals surface area (Å²) in [4.78, 5) is 4.67. The summed E-state index contributed by atoms with van der Waals surface area (Å²) >= 11 is 0.961. The Balaban J connectivity index is 1.86. The third-order valence-electron chi connectivity index (χ3n) is 5.02. The molecular weight excluding hydrogens is 422 g/mol. The van der Waals surface area contributed by atoms with Crippen molar-refractivity contribution in [3.63, 3.8) is 0 Å². The first-order valence-electron chi connectivity index (χ1n) is 8.02. The Morgan fingerprint density at radius 2 is 0.750 bits per heavy atom. The minimum absolute atomic E-state index is 0.481. The SMILES string of the molecule is c1cc2ccc3c4ccc5c(ccc6cc[se]c65)c4ccc3c2[se]1. The third-order valence-corrected chi connectivity index (χ3v) is 9.07. The van der Waals surface area contributed by atoms with Crippen molar-refractivity contribution in [2.75, 3.05) is 0 Å². The molecule has 2 aromatic heterocycles. The van der Waals surface area contributed by atoms with Crippen LogP contribution in [0.3, 0.4) is 0 Å². The van der Waals surface area contributed by atoms with Gasteiger partial charge in [-0.3, -0.25) is 0 Å². The van der Waals surface area contributed by atoms with E-state index in [0.29, 0.717) is 29.0 Å². The zero-order chi connectivity index (χ0) is 15.7. The molecule has 6 aromatic rings. The van der Waals surface area contributed by atoms with Gasteiger partial charge in [0.2, 0.25) is 0 Å². The molecule has 24 heavy (non-hydrogen) atoms. The van der Waals surface area contributed by atoms with E-state index in [1.54, 1.807) is 8.52 Å². The van der Waals surface area contributed by atoms with E-state index in [2.05, 4.69) is 70.5 Å². The van der Waals surface area contributed by atoms with Crippen molar-refractivity contribution in [3.05, 3.63) is 70.5 Å². The normalized spacial score (nSPS) is 12.2. The zero-order valence-electron chi connectivity index (χ0n) is 12.7. The van der Waals surface area contributed by atoms with Crippen LogP contribution in [-0.4, -0.2) is 29.0 Å². The third kappa shape index (κ3) is 1.69. The van der Waals surface area contributed by atoms with Gasteiger partial charge in [0.15, 0.2) is 0 Å². The van der Waals surface area contributed by atoms with Gasteiger partial charge in [-0.2, -0.15) is 0 Å². The molecule has 0 radical (unpaired) electrons. The van der Waals surface area contributed by atoms with Crippen LogP contribution in [0.1, 0.15) is 0 Å². The Morgan fingerprint density at radius 3 is 1.25 bits per heavy atom. The summed E-state index contributed by atoms with van der Waals surface area (Å²) in [6.45, 7) is 0. The van der Waals surface area contributed by atoms with E-state index in [9.17, 15) is 0 Å². The maximum atomic E-state index is 2.35. The molecule has 0 amide bonds. The molecule has 0 unspecified atom stereocenters. The van der Waals surface area contributed by atoms with Crippen LogP contribution in [0.2, 0.25) is 0 Å². The Bertz CT molecular complexity index is 1290. The Morgan fingerprint density at radius 1 is 0.375 bits per heavy atom. The molecule has 0 atom stereocenters. The molecule has 6 rings (SSSR count). The Labute approximate surface area is 150 Å². The number of hydrogen-bond acceptors (Lipinski definition) is 0. The van der Waals surface area contributed by atoms with Crippen molar-refractivity contribution in [2.45, 2.75) is 0 Å². The summed E-state index contributed by atoms with van der Waals surface area (Å²) in [6.07, 6.45) is 0. The second kappa shape index (κ2) is 4.85. The summed E-state index contributed by atoms with van der Waals surface area (Å²) in [6, 6.07) is 23.1. The van der Waals surface area contributed by atoms with Gasteiger partial charge in [-0.15, -0.1) is 0 Å². The number of fused-ring (bicyclic) bond motifs is 9. The van der Waals surface area contributed by atoms with Crippen LogP contribution in [0.4, 0.5) is 0 Å². The molecule has 0 bridgehead atoms. The van der Waals surface area contributed by atoms with Gasteiger partial charge >= 0.3 is 151 Å². The van der Waals surface area contributed by atoms with Crippen LogP contribution in [0.15, 0.2) is 70.5 Å². The van der Waals surface area contributed by atoms with Crippen LogP contribution in [0.5, 0.6) is 0 Å². The fourth-order valence-electron chi connectivity index (χ4n) is 3.89. The van der Waals surface area contributed by atoms with Crippen molar-refractivity contribution < 1.29 is 0 Å². The monoisotopic (exact) mass is 436 g/mol. The fraction of sp³-hybridized carbons (Fsp3) is 0. The standard InChI is InChI=1S/C22H12Se2/c1-3-17-15-5-8-20-18(4-2-14-10-12-24-22(14)20)16(15)6-7-19(17)21-13(1)9-11-23-21/h1-12H. The molecule has 0 aliphatic rings. The topological polar surface area (TPSA) is 0 Å². The average Bonchev–Trinajstić information content (AvgIpc) is 3.29. The fourth-order valence-corrected chi connectivity index (χ4v) is 7.79. The van der Waals surface area contributed by atoms with Crippen LogP contribution in [0, 0.1) is 0 Å². The van der Waals surface area contributed by atoms with Gasteiger partial charge in [-0.05, 0) is 0 Å².